The van der Waals surface area contributed by atoms with Crippen LogP contribution in [-0.2, 0) is 4.79 Å². The molecular weight excluding hydrogens is 303 g/mol. The molecule has 3 nitrogen and oxygen atoms in total. The lowest BCUT2D eigenvalue weighted by molar-refractivity contribution is -0.111. The van der Waals surface area contributed by atoms with Crippen LogP contribution in [0, 0.1) is 6.92 Å². The Morgan fingerprint density at radius 1 is 1.37 bits per heavy atom. The second-order valence-corrected chi connectivity index (χ2v) is 5.82. The van der Waals surface area contributed by atoms with E-state index in [2.05, 4.69) is 10.3 Å². The fourth-order valence-electron chi connectivity index (χ4n) is 1.35. The molecule has 98 valence electrons. The van der Waals surface area contributed by atoms with Crippen molar-refractivity contribution >= 4 is 51.7 Å². The maximum atomic E-state index is 11.7. The minimum Gasteiger partial charge on any atom is -0.298 e. The summed E-state index contributed by atoms with van der Waals surface area (Å²) in [6.45, 7) is 1.93. The number of aromatic nitrogens is 1. The Balaban J connectivity index is 2.01. The van der Waals surface area contributed by atoms with Crippen molar-refractivity contribution in [1.82, 2.24) is 4.98 Å². The lowest BCUT2D eigenvalue weighted by Gasteiger charge is -1.98. The number of amides is 1. The zero-order chi connectivity index (χ0) is 13.8. The molecule has 0 bridgehead atoms. The van der Waals surface area contributed by atoms with Gasteiger partial charge in [-0.15, -0.1) is 11.3 Å². The average molecular weight is 313 g/mol. The number of nitrogens with zero attached hydrogens (tertiary/aromatic N) is 1. The van der Waals surface area contributed by atoms with Crippen LogP contribution < -0.4 is 5.32 Å². The van der Waals surface area contributed by atoms with Gasteiger partial charge < -0.3 is 0 Å². The number of aryl methyl sites for hydroxylation is 1. The molecule has 0 unspecified atom stereocenters. The molecule has 19 heavy (non-hydrogen) atoms. The highest BCUT2D eigenvalue weighted by Gasteiger charge is 2.02. The van der Waals surface area contributed by atoms with Gasteiger partial charge in [0.15, 0.2) is 5.13 Å². The van der Waals surface area contributed by atoms with Crippen molar-refractivity contribution in [2.24, 2.45) is 0 Å². The Labute approximate surface area is 124 Å². The summed E-state index contributed by atoms with van der Waals surface area (Å²) >= 11 is 13.1. The van der Waals surface area contributed by atoms with Gasteiger partial charge in [0.25, 0.3) is 0 Å². The third kappa shape index (κ3) is 4.06. The van der Waals surface area contributed by atoms with E-state index in [-0.39, 0.29) is 5.91 Å². The van der Waals surface area contributed by atoms with Gasteiger partial charge in [0.05, 0.1) is 10.0 Å². The van der Waals surface area contributed by atoms with Gasteiger partial charge >= 0.3 is 0 Å². The second-order valence-electron chi connectivity index (χ2n) is 3.77. The quantitative estimate of drug-likeness (QED) is 0.853. The average Bonchev–Trinajstić information content (AvgIpc) is 2.76. The number of benzene rings is 1. The SMILES string of the molecule is Cc1cnc(NC(=O)/C=C/c2ccc(Cl)c(Cl)c2)s1. The van der Waals surface area contributed by atoms with Crippen molar-refractivity contribution < 1.29 is 4.79 Å². The van der Waals surface area contributed by atoms with E-state index in [0.717, 1.165) is 10.4 Å². The van der Waals surface area contributed by atoms with Crippen molar-refractivity contribution in [2.45, 2.75) is 6.92 Å². The van der Waals surface area contributed by atoms with E-state index in [1.807, 2.05) is 6.92 Å². The zero-order valence-electron chi connectivity index (χ0n) is 9.98. The number of anilines is 1. The van der Waals surface area contributed by atoms with Gasteiger partial charge in [-0.2, -0.15) is 0 Å². The number of hydrogen-bond acceptors (Lipinski definition) is 3. The highest BCUT2D eigenvalue weighted by molar-refractivity contribution is 7.15. The molecule has 0 atom stereocenters. The van der Waals surface area contributed by atoms with E-state index in [4.69, 9.17) is 23.2 Å². The summed E-state index contributed by atoms with van der Waals surface area (Å²) < 4.78 is 0. The maximum Gasteiger partial charge on any atom is 0.250 e. The van der Waals surface area contributed by atoms with Crippen LogP contribution in [0.15, 0.2) is 30.5 Å². The molecule has 6 heteroatoms. The lowest BCUT2D eigenvalue weighted by atomic mass is 10.2. The minimum absolute atomic E-state index is 0.236. The summed E-state index contributed by atoms with van der Waals surface area (Å²) in [5, 5.41) is 4.21. The number of halogens is 2. The normalized spacial score (nSPS) is 10.9. The predicted octanol–water partition coefficient (Wildman–Crippen LogP) is 4.41. The molecule has 0 aliphatic rings. The summed E-state index contributed by atoms with van der Waals surface area (Å²) in [6, 6.07) is 5.17. The van der Waals surface area contributed by atoms with Gasteiger partial charge in [-0.25, -0.2) is 4.98 Å². The first-order valence-electron chi connectivity index (χ1n) is 5.41. The highest BCUT2D eigenvalue weighted by atomic mass is 35.5. The third-order valence-corrected chi connectivity index (χ3v) is 3.79. The zero-order valence-corrected chi connectivity index (χ0v) is 12.3. The Hall–Kier alpha value is -1.36. The summed E-state index contributed by atoms with van der Waals surface area (Å²) in [7, 11) is 0. The van der Waals surface area contributed by atoms with Crippen LogP contribution in [0.5, 0.6) is 0 Å². The molecule has 0 fully saturated rings. The standard InChI is InChI=1S/C13H10Cl2N2OS/c1-8-7-16-13(19-8)17-12(18)5-3-9-2-4-10(14)11(15)6-9/h2-7H,1H3,(H,16,17,18)/b5-3+. The van der Waals surface area contributed by atoms with Crippen LogP contribution in [0.25, 0.3) is 6.08 Å². The van der Waals surface area contributed by atoms with E-state index < -0.39 is 0 Å². The number of carbonyl (C=O) groups excluding carboxylic acids is 1. The molecule has 1 aromatic heterocycles. The molecule has 0 saturated heterocycles. The fraction of sp³-hybridized carbons (Fsp3) is 0.0769. The molecular formula is C13H10Cl2N2OS. The fourth-order valence-corrected chi connectivity index (χ4v) is 2.32. The van der Waals surface area contributed by atoms with Gasteiger partial charge in [0.2, 0.25) is 5.91 Å². The molecule has 2 aromatic rings. The third-order valence-electron chi connectivity index (χ3n) is 2.22. The molecule has 2 rings (SSSR count). The molecule has 1 heterocycles. The summed E-state index contributed by atoms with van der Waals surface area (Å²) in [5.41, 5.74) is 0.805. The van der Waals surface area contributed by atoms with Crippen molar-refractivity contribution in [3.8, 4) is 0 Å². The largest absolute Gasteiger partial charge is 0.298 e. The highest BCUT2D eigenvalue weighted by Crippen LogP contribution is 2.23. The first-order chi connectivity index (χ1) is 9.04. The van der Waals surface area contributed by atoms with Gasteiger partial charge in [0, 0.05) is 17.2 Å². The van der Waals surface area contributed by atoms with Crippen molar-refractivity contribution in [2.75, 3.05) is 5.32 Å². The van der Waals surface area contributed by atoms with E-state index in [1.165, 1.54) is 17.4 Å². The molecule has 1 amide bonds. The van der Waals surface area contributed by atoms with Gasteiger partial charge in [-0.05, 0) is 30.7 Å². The van der Waals surface area contributed by atoms with Crippen molar-refractivity contribution in [1.29, 1.82) is 0 Å². The summed E-state index contributed by atoms with van der Waals surface area (Å²) in [5.74, 6) is -0.236. The van der Waals surface area contributed by atoms with E-state index >= 15 is 0 Å². The number of thiazole rings is 1. The van der Waals surface area contributed by atoms with Crippen LogP contribution >= 0.6 is 34.5 Å². The first kappa shape index (κ1) is 14.1. The molecule has 0 aliphatic heterocycles. The van der Waals surface area contributed by atoms with Gasteiger partial charge in [0.1, 0.15) is 0 Å². The summed E-state index contributed by atoms with van der Waals surface area (Å²) in [4.78, 5) is 16.8. The molecule has 1 N–H and O–H groups in total. The topological polar surface area (TPSA) is 42.0 Å². The predicted molar refractivity (Wildman–Crippen MR) is 81.0 cm³/mol. The second kappa shape index (κ2) is 6.19. The monoisotopic (exact) mass is 312 g/mol. The smallest absolute Gasteiger partial charge is 0.250 e. The number of carbonyl (C=O) groups is 1. The van der Waals surface area contributed by atoms with Crippen LogP contribution in [-0.4, -0.2) is 10.9 Å². The Morgan fingerprint density at radius 3 is 2.79 bits per heavy atom. The van der Waals surface area contributed by atoms with E-state index in [9.17, 15) is 4.79 Å². The molecule has 0 saturated carbocycles. The number of hydrogen-bond donors (Lipinski definition) is 1. The van der Waals surface area contributed by atoms with Crippen LogP contribution in [0.4, 0.5) is 5.13 Å². The molecule has 0 spiro atoms. The first-order valence-corrected chi connectivity index (χ1v) is 6.98. The van der Waals surface area contributed by atoms with Crippen molar-refractivity contribution in [3.05, 3.63) is 51.0 Å². The molecule has 0 radical (unpaired) electrons. The maximum absolute atomic E-state index is 11.7. The van der Waals surface area contributed by atoms with Crippen molar-refractivity contribution in [3.63, 3.8) is 0 Å². The molecule has 0 aliphatic carbocycles. The Bertz CT molecular complexity index is 637. The van der Waals surface area contributed by atoms with Crippen LogP contribution in [0.1, 0.15) is 10.4 Å². The molecule has 1 aromatic carbocycles. The van der Waals surface area contributed by atoms with E-state index in [1.54, 1.807) is 30.5 Å². The summed E-state index contributed by atoms with van der Waals surface area (Å²) in [6.07, 6.45) is 4.80. The number of nitrogens with one attached hydrogen (secondary N) is 1. The van der Waals surface area contributed by atoms with Crippen LogP contribution in [0.3, 0.4) is 0 Å². The van der Waals surface area contributed by atoms with Gasteiger partial charge in [-0.1, -0.05) is 29.3 Å². The van der Waals surface area contributed by atoms with Gasteiger partial charge in [-0.3, -0.25) is 10.1 Å². The lowest BCUT2D eigenvalue weighted by Crippen LogP contribution is -2.07. The Morgan fingerprint density at radius 2 is 2.16 bits per heavy atom. The van der Waals surface area contributed by atoms with E-state index in [0.29, 0.717) is 15.2 Å². The number of rotatable bonds is 3. The minimum atomic E-state index is -0.236. The Kier molecular flexibility index (Phi) is 4.58. The van der Waals surface area contributed by atoms with Crippen LogP contribution in [0.2, 0.25) is 10.0 Å².